The Morgan fingerprint density at radius 2 is 2.14 bits per heavy atom. The molecule has 0 amide bonds. The third-order valence-electron chi connectivity index (χ3n) is 4.81. The summed E-state index contributed by atoms with van der Waals surface area (Å²) < 4.78 is 49.7. The Labute approximate surface area is 207 Å². The van der Waals surface area contributed by atoms with E-state index >= 15 is 0 Å². The van der Waals surface area contributed by atoms with E-state index in [2.05, 4.69) is 11.7 Å². The number of nitrogens with one attached hydrogen (secondary N) is 2. The standard InChI is InChI=1S/C22H31FN3O9P/c1-6-8-9-15(7-2)35-36(31,25-14(5)21(29)33-13(3)4)32-12-18-17(27)10-19(34-18)26-11-16(23)20(28)24-22(26)30/h6-9,11,13-14,17-19,27H,1,10,12H2,2-5H3,(H,25,31)(H,24,28,30)/b9-8-,15-7+/t14-,17?,18+,19+,36?/m0/s1. The highest BCUT2D eigenvalue weighted by Crippen LogP contribution is 2.47. The molecule has 0 spiro atoms. The van der Waals surface area contributed by atoms with Crippen molar-refractivity contribution in [3.8, 4) is 0 Å². The summed E-state index contributed by atoms with van der Waals surface area (Å²) in [7, 11) is -4.25. The van der Waals surface area contributed by atoms with Gasteiger partial charge in [-0.25, -0.2) is 9.36 Å². The molecule has 1 aromatic rings. The molecule has 12 nitrogen and oxygen atoms in total. The number of hydrogen-bond donors (Lipinski definition) is 3. The number of esters is 1. The molecule has 36 heavy (non-hydrogen) atoms. The van der Waals surface area contributed by atoms with Gasteiger partial charge in [0.1, 0.15) is 24.1 Å². The topological polar surface area (TPSA) is 158 Å². The van der Waals surface area contributed by atoms with Crippen LogP contribution in [0.2, 0.25) is 0 Å². The molecule has 0 bridgehead atoms. The summed E-state index contributed by atoms with van der Waals surface area (Å²) in [6.45, 7) is 9.41. The van der Waals surface area contributed by atoms with Gasteiger partial charge in [-0.2, -0.15) is 9.48 Å². The molecule has 5 atom stereocenters. The number of H-pyrrole nitrogens is 1. The molecule has 0 aromatic carbocycles. The smallest absolute Gasteiger partial charge is 0.459 e. The Kier molecular flexibility index (Phi) is 10.6. The van der Waals surface area contributed by atoms with E-state index in [1.807, 2.05) is 0 Å². The van der Waals surface area contributed by atoms with Crippen molar-refractivity contribution in [2.75, 3.05) is 6.61 Å². The first-order chi connectivity index (χ1) is 16.9. The molecule has 0 aliphatic carbocycles. The predicted molar refractivity (Wildman–Crippen MR) is 127 cm³/mol. The van der Waals surface area contributed by atoms with Crippen molar-refractivity contribution >= 4 is 13.7 Å². The van der Waals surface area contributed by atoms with Gasteiger partial charge in [0.05, 0.1) is 25.0 Å². The van der Waals surface area contributed by atoms with E-state index in [4.69, 9.17) is 18.5 Å². The molecule has 1 aliphatic rings. The molecular weight excluding hydrogens is 500 g/mol. The number of carbonyl (C=O) groups excluding carboxylic acids is 1. The van der Waals surface area contributed by atoms with E-state index in [-0.39, 0.29) is 12.2 Å². The number of nitrogens with zero attached hydrogens (tertiary/aromatic N) is 1. The van der Waals surface area contributed by atoms with E-state index in [0.717, 1.165) is 4.57 Å². The quantitative estimate of drug-likeness (QED) is 0.158. The van der Waals surface area contributed by atoms with Crippen LogP contribution in [0.5, 0.6) is 0 Å². The van der Waals surface area contributed by atoms with Gasteiger partial charge in [-0.3, -0.25) is 23.7 Å². The number of aromatic amines is 1. The molecule has 0 radical (unpaired) electrons. The molecule has 14 heteroatoms. The molecule has 2 unspecified atom stereocenters. The lowest BCUT2D eigenvalue weighted by atomic mass is 10.2. The van der Waals surface area contributed by atoms with Gasteiger partial charge in [0.2, 0.25) is 5.82 Å². The Balaban J connectivity index is 2.20. The third-order valence-corrected chi connectivity index (χ3v) is 6.46. The number of aliphatic hydroxyl groups is 1. The van der Waals surface area contributed by atoms with E-state index < -0.39 is 68.0 Å². The monoisotopic (exact) mass is 531 g/mol. The first-order valence-electron chi connectivity index (χ1n) is 11.1. The summed E-state index contributed by atoms with van der Waals surface area (Å²) in [5.74, 6) is -1.77. The Morgan fingerprint density at radius 3 is 2.75 bits per heavy atom. The van der Waals surface area contributed by atoms with Crippen LogP contribution in [0.25, 0.3) is 0 Å². The summed E-state index contributed by atoms with van der Waals surface area (Å²) in [5.41, 5.74) is -2.12. The minimum Gasteiger partial charge on any atom is -0.462 e. The molecule has 2 heterocycles. The third kappa shape index (κ3) is 8.10. The zero-order chi connectivity index (χ0) is 27.0. The molecule has 1 fully saturated rings. The summed E-state index contributed by atoms with van der Waals surface area (Å²) in [6, 6.07) is -1.09. The second kappa shape index (κ2) is 12.9. The van der Waals surface area contributed by atoms with Gasteiger partial charge in [-0.05, 0) is 39.8 Å². The molecular formula is C22H31FN3O9P. The highest BCUT2D eigenvalue weighted by molar-refractivity contribution is 7.51. The van der Waals surface area contributed by atoms with Gasteiger partial charge < -0.3 is 19.1 Å². The summed E-state index contributed by atoms with van der Waals surface area (Å²) in [5, 5.41) is 12.9. The maximum atomic E-state index is 13.7. The van der Waals surface area contributed by atoms with Crippen molar-refractivity contribution in [3.05, 3.63) is 69.5 Å². The van der Waals surface area contributed by atoms with Crippen LogP contribution in [0.4, 0.5) is 4.39 Å². The minimum absolute atomic E-state index is 0.135. The number of ether oxygens (including phenoxy) is 2. The fraction of sp³-hybridized carbons (Fsp3) is 0.500. The average Bonchev–Trinajstić information content (AvgIpc) is 3.17. The second-order valence-corrected chi connectivity index (χ2v) is 9.78. The lowest BCUT2D eigenvalue weighted by Gasteiger charge is -2.25. The van der Waals surface area contributed by atoms with Crippen molar-refractivity contribution in [2.24, 2.45) is 0 Å². The summed E-state index contributed by atoms with van der Waals surface area (Å²) in [6.07, 6.45) is 2.67. The molecule has 1 aliphatic heterocycles. The van der Waals surface area contributed by atoms with E-state index in [9.17, 15) is 28.4 Å². The zero-order valence-electron chi connectivity index (χ0n) is 20.4. The van der Waals surface area contributed by atoms with Crippen LogP contribution in [0.1, 0.15) is 40.3 Å². The fourth-order valence-electron chi connectivity index (χ4n) is 3.08. The first-order valence-corrected chi connectivity index (χ1v) is 12.7. The average molecular weight is 531 g/mol. The Bertz CT molecular complexity index is 1160. The van der Waals surface area contributed by atoms with Gasteiger partial charge in [-0.1, -0.05) is 18.7 Å². The maximum Gasteiger partial charge on any atom is 0.459 e. The van der Waals surface area contributed by atoms with Crippen molar-refractivity contribution in [2.45, 2.75) is 64.7 Å². The van der Waals surface area contributed by atoms with E-state index in [1.165, 1.54) is 31.2 Å². The fourth-order valence-corrected chi connectivity index (χ4v) is 4.62. The molecule has 1 aromatic heterocycles. The normalized spacial score (nSPS) is 23.0. The van der Waals surface area contributed by atoms with Crippen LogP contribution in [0.15, 0.2) is 52.4 Å². The van der Waals surface area contributed by atoms with Crippen molar-refractivity contribution < 1.29 is 37.4 Å². The van der Waals surface area contributed by atoms with Crippen LogP contribution in [-0.2, 0) is 27.9 Å². The van der Waals surface area contributed by atoms with Crippen LogP contribution >= 0.6 is 7.75 Å². The van der Waals surface area contributed by atoms with Gasteiger partial charge in [0, 0.05) is 6.42 Å². The first kappa shape index (κ1) is 29.4. The number of carbonyl (C=O) groups is 1. The number of halogens is 1. The van der Waals surface area contributed by atoms with Crippen LogP contribution in [-0.4, -0.2) is 51.6 Å². The Morgan fingerprint density at radius 1 is 1.44 bits per heavy atom. The van der Waals surface area contributed by atoms with Gasteiger partial charge in [-0.15, -0.1) is 0 Å². The summed E-state index contributed by atoms with van der Waals surface area (Å²) in [4.78, 5) is 37.3. The molecule has 200 valence electrons. The van der Waals surface area contributed by atoms with Crippen LogP contribution in [0, 0.1) is 5.82 Å². The van der Waals surface area contributed by atoms with E-state index in [0.29, 0.717) is 6.20 Å². The summed E-state index contributed by atoms with van der Waals surface area (Å²) >= 11 is 0. The SMILES string of the molecule is C=C/C=C\C(=C/C)OP(=O)(N[C@@H](C)C(=O)OC(C)C)OC[C@H]1O[C@@H](n2cc(F)c(=O)[nH]c2=O)CC1O. The minimum atomic E-state index is -4.25. The predicted octanol–water partition coefficient (Wildman–Crippen LogP) is 2.04. The van der Waals surface area contributed by atoms with Gasteiger partial charge >= 0.3 is 19.4 Å². The molecule has 0 saturated carbocycles. The maximum absolute atomic E-state index is 13.7. The van der Waals surface area contributed by atoms with E-state index in [1.54, 1.807) is 25.8 Å². The largest absolute Gasteiger partial charge is 0.462 e. The highest BCUT2D eigenvalue weighted by atomic mass is 31.2. The zero-order valence-corrected chi connectivity index (χ0v) is 21.3. The van der Waals surface area contributed by atoms with Crippen molar-refractivity contribution in [1.82, 2.24) is 14.6 Å². The number of aromatic nitrogens is 2. The number of aliphatic hydroxyl groups excluding tert-OH is 1. The van der Waals surface area contributed by atoms with Gasteiger partial charge in [0.25, 0.3) is 5.56 Å². The highest BCUT2D eigenvalue weighted by Gasteiger charge is 2.39. The number of rotatable bonds is 12. The second-order valence-electron chi connectivity index (χ2n) is 8.08. The molecule has 3 N–H and O–H groups in total. The number of allylic oxidation sites excluding steroid dienone is 4. The molecule has 1 saturated heterocycles. The lowest BCUT2D eigenvalue weighted by molar-refractivity contribution is -0.149. The van der Waals surface area contributed by atoms with Crippen molar-refractivity contribution in [1.29, 1.82) is 0 Å². The van der Waals surface area contributed by atoms with Crippen molar-refractivity contribution in [3.63, 3.8) is 0 Å². The lowest BCUT2D eigenvalue weighted by Crippen LogP contribution is -2.36. The van der Waals surface area contributed by atoms with Gasteiger partial charge in [0.15, 0.2) is 0 Å². The van der Waals surface area contributed by atoms with Crippen LogP contribution < -0.4 is 16.3 Å². The van der Waals surface area contributed by atoms with Crippen LogP contribution in [0.3, 0.4) is 0 Å². The Hall–Kier alpha value is -2.83. The number of hydrogen-bond acceptors (Lipinski definition) is 9. The molecule has 2 rings (SSSR count).